The maximum atomic E-state index is 13.2. The van der Waals surface area contributed by atoms with E-state index in [2.05, 4.69) is 23.7 Å². The van der Waals surface area contributed by atoms with Crippen LogP contribution in [0.5, 0.6) is 0 Å². The topological polar surface area (TPSA) is 64.0 Å². The summed E-state index contributed by atoms with van der Waals surface area (Å²) in [5.74, 6) is -0.180. The van der Waals surface area contributed by atoms with E-state index < -0.39 is 10.0 Å². The van der Waals surface area contributed by atoms with Crippen molar-refractivity contribution in [2.75, 3.05) is 5.75 Å². The Bertz CT molecular complexity index is 857. The van der Waals surface area contributed by atoms with Crippen molar-refractivity contribution in [2.45, 2.75) is 46.1 Å². The first-order chi connectivity index (χ1) is 11.7. The summed E-state index contributed by atoms with van der Waals surface area (Å²) in [6.45, 7) is 6.10. The summed E-state index contributed by atoms with van der Waals surface area (Å²) in [6.07, 6.45) is 3.81. The average Bonchev–Trinajstić information content (AvgIpc) is 2.90. The molecule has 0 fully saturated rings. The van der Waals surface area contributed by atoms with E-state index in [0.29, 0.717) is 6.42 Å². The zero-order chi connectivity index (χ0) is 18.2. The van der Waals surface area contributed by atoms with Crippen LogP contribution in [0.1, 0.15) is 50.9 Å². The average molecular weight is 365 g/mol. The number of hydrogen-bond donors (Lipinski definition) is 1. The Morgan fingerprint density at radius 1 is 1.32 bits per heavy atom. The minimum Gasteiger partial charge on any atom is -0.237 e. The molecule has 0 amide bonds. The van der Waals surface area contributed by atoms with Gasteiger partial charge in [0.1, 0.15) is 5.82 Å². The molecular weight excluding hydrogens is 341 g/mol. The van der Waals surface area contributed by atoms with Crippen LogP contribution in [0.3, 0.4) is 0 Å². The number of nitrogens with one attached hydrogen (secondary N) is 1. The fraction of sp³-hybridized carbons (Fsp3) is 0.500. The lowest BCUT2D eigenvalue weighted by Gasteiger charge is -2.35. The van der Waals surface area contributed by atoms with Crippen molar-refractivity contribution in [3.8, 4) is 5.69 Å². The van der Waals surface area contributed by atoms with Gasteiger partial charge in [-0.1, -0.05) is 20.8 Å². The normalized spacial score (nSPS) is 19.6. The van der Waals surface area contributed by atoms with Crippen LogP contribution >= 0.6 is 0 Å². The smallest absolute Gasteiger partial charge is 0.212 e. The Kier molecular flexibility index (Phi) is 4.72. The van der Waals surface area contributed by atoms with Gasteiger partial charge in [-0.15, -0.1) is 0 Å². The van der Waals surface area contributed by atoms with E-state index in [-0.39, 0.29) is 23.0 Å². The van der Waals surface area contributed by atoms with Crippen molar-refractivity contribution >= 4 is 10.0 Å². The van der Waals surface area contributed by atoms with Gasteiger partial charge in [0.15, 0.2) is 0 Å². The summed E-state index contributed by atoms with van der Waals surface area (Å²) in [4.78, 5) is 0. The summed E-state index contributed by atoms with van der Waals surface area (Å²) in [7, 11) is -3.32. The number of fused-ring (bicyclic) bond motifs is 1. The fourth-order valence-corrected chi connectivity index (χ4v) is 4.80. The third-order valence-corrected chi connectivity index (χ3v) is 6.13. The van der Waals surface area contributed by atoms with E-state index in [9.17, 15) is 12.8 Å². The van der Waals surface area contributed by atoms with E-state index in [1.807, 2.05) is 6.92 Å². The van der Waals surface area contributed by atoms with Crippen LogP contribution in [-0.2, 0) is 16.4 Å². The molecule has 1 aliphatic rings. The zero-order valence-corrected chi connectivity index (χ0v) is 15.6. The zero-order valence-electron chi connectivity index (χ0n) is 14.8. The lowest BCUT2D eigenvalue weighted by atomic mass is 9.74. The molecule has 0 aliphatic heterocycles. The van der Waals surface area contributed by atoms with Crippen LogP contribution in [0, 0.1) is 11.2 Å². The van der Waals surface area contributed by atoms with Crippen molar-refractivity contribution in [3.05, 3.63) is 47.5 Å². The van der Waals surface area contributed by atoms with Crippen LogP contribution in [0.2, 0.25) is 0 Å². The largest absolute Gasteiger partial charge is 0.237 e. The predicted molar refractivity (Wildman–Crippen MR) is 95.6 cm³/mol. The molecule has 136 valence electrons. The molecular formula is C18H24FN3O2S. The number of hydrogen-bond acceptors (Lipinski definition) is 3. The Hall–Kier alpha value is -1.73. The van der Waals surface area contributed by atoms with E-state index >= 15 is 0 Å². The third-order valence-electron chi connectivity index (χ3n) is 4.55. The first-order valence-electron chi connectivity index (χ1n) is 8.53. The summed E-state index contributed by atoms with van der Waals surface area (Å²) in [6, 6.07) is 5.88. The molecule has 1 aliphatic carbocycles. The molecule has 1 N–H and O–H groups in total. The highest BCUT2D eigenvalue weighted by atomic mass is 32.2. The van der Waals surface area contributed by atoms with Crippen molar-refractivity contribution in [1.29, 1.82) is 0 Å². The van der Waals surface area contributed by atoms with Crippen LogP contribution in [-0.4, -0.2) is 24.0 Å². The molecule has 0 radical (unpaired) electrons. The molecule has 1 unspecified atom stereocenters. The number of sulfonamides is 1. The molecule has 0 bridgehead atoms. The molecule has 0 spiro atoms. The second-order valence-electron chi connectivity index (χ2n) is 7.47. The van der Waals surface area contributed by atoms with Gasteiger partial charge in [0.25, 0.3) is 0 Å². The standard InChI is InChI=1S/C18H24FN3O2S/c1-4-9-25(23,24)21-16-10-18(2,3)11-17-15(16)12-20-22(17)14-7-5-13(19)6-8-14/h5-8,12,16,21H,4,9-11H2,1-3H3. The Balaban J connectivity index is 2.00. The number of nitrogens with zero attached hydrogens (tertiary/aromatic N) is 2. The highest BCUT2D eigenvalue weighted by molar-refractivity contribution is 7.89. The summed E-state index contributed by atoms with van der Waals surface area (Å²) < 4.78 is 42.3. The highest BCUT2D eigenvalue weighted by Crippen LogP contribution is 2.41. The van der Waals surface area contributed by atoms with Gasteiger partial charge < -0.3 is 0 Å². The molecule has 25 heavy (non-hydrogen) atoms. The molecule has 1 aromatic heterocycles. The van der Waals surface area contributed by atoms with Gasteiger partial charge in [-0.2, -0.15) is 5.10 Å². The third kappa shape index (κ3) is 3.93. The van der Waals surface area contributed by atoms with Gasteiger partial charge in [-0.05, 0) is 48.9 Å². The molecule has 0 saturated carbocycles. The van der Waals surface area contributed by atoms with Gasteiger partial charge in [0, 0.05) is 11.3 Å². The molecule has 3 rings (SSSR count). The number of benzene rings is 1. The SMILES string of the molecule is CCCS(=O)(=O)NC1CC(C)(C)Cc2c1cnn2-c1ccc(F)cc1. The summed E-state index contributed by atoms with van der Waals surface area (Å²) in [5, 5.41) is 4.45. The maximum absolute atomic E-state index is 13.2. The minimum atomic E-state index is -3.32. The van der Waals surface area contributed by atoms with Gasteiger partial charge in [-0.3, -0.25) is 0 Å². The van der Waals surface area contributed by atoms with Crippen LogP contribution < -0.4 is 4.72 Å². The number of rotatable bonds is 5. The molecule has 2 aromatic rings. The maximum Gasteiger partial charge on any atom is 0.212 e. The first kappa shape index (κ1) is 18.1. The van der Waals surface area contributed by atoms with Crippen molar-refractivity contribution in [2.24, 2.45) is 5.41 Å². The van der Waals surface area contributed by atoms with Crippen LogP contribution in [0.15, 0.2) is 30.5 Å². The Morgan fingerprint density at radius 2 is 2.00 bits per heavy atom. The molecule has 5 nitrogen and oxygen atoms in total. The monoisotopic (exact) mass is 365 g/mol. The summed E-state index contributed by atoms with van der Waals surface area (Å²) >= 11 is 0. The van der Waals surface area contributed by atoms with E-state index in [4.69, 9.17) is 0 Å². The van der Waals surface area contributed by atoms with Crippen LogP contribution in [0.4, 0.5) is 4.39 Å². The fourth-order valence-electron chi connectivity index (χ4n) is 3.50. The minimum absolute atomic E-state index is 0.0653. The lowest BCUT2D eigenvalue weighted by Crippen LogP contribution is -2.37. The predicted octanol–water partition coefficient (Wildman–Crippen LogP) is 3.35. The summed E-state index contributed by atoms with van der Waals surface area (Å²) in [5.41, 5.74) is 2.59. The molecule has 7 heteroatoms. The van der Waals surface area contributed by atoms with E-state index in [1.54, 1.807) is 23.0 Å². The van der Waals surface area contributed by atoms with Gasteiger partial charge >= 0.3 is 0 Å². The number of aromatic nitrogens is 2. The van der Waals surface area contributed by atoms with Gasteiger partial charge in [-0.25, -0.2) is 22.2 Å². The second kappa shape index (κ2) is 6.53. The highest BCUT2D eigenvalue weighted by Gasteiger charge is 2.36. The number of halogens is 1. The Labute approximate surface area is 148 Å². The lowest BCUT2D eigenvalue weighted by molar-refractivity contribution is 0.268. The Morgan fingerprint density at radius 3 is 2.64 bits per heavy atom. The van der Waals surface area contributed by atoms with Gasteiger partial charge in [0.05, 0.1) is 23.7 Å². The molecule has 1 heterocycles. The molecule has 0 saturated heterocycles. The van der Waals surface area contributed by atoms with Crippen molar-refractivity contribution in [1.82, 2.24) is 14.5 Å². The van der Waals surface area contributed by atoms with Crippen LogP contribution in [0.25, 0.3) is 5.69 Å². The van der Waals surface area contributed by atoms with Crippen molar-refractivity contribution in [3.63, 3.8) is 0 Å². The van der Waals surface area contributed by atoms with Gasteiger partial charge in [0.2, 0.25) is 10.0 Å². The molecule has 1 atom stereocenters. The van der Waals surface area contributed by atoms with E-state index in [0.717, 1.165) is 29.8 Å². The van der Waals surface area contributed by atoms with E-state index in [1.165, 1.54) is 12.1 Å². The molecule has 1 aromatic carbocycles. The first-order valence-corrected chi connectivity index (χ1v) is 10.2. The quantitative estimate of drug-likeness (QED) is 0.884. The second-order valence-corrected chi connectivity index (χ2v) is 9.34. The van der Waals surface area contributed by atoms with Crippen molar-refractivity contribution < 1.29 is 12.8 Å².